The predicted octanol–water partition coefficient (Wildman–Crippen LogP) is 3.75. The summed E-state index contributed by atoms with van der Waals surface area (Å²) >= 11 is 0. The van der Waals surface area contributed by atoms with Gasteiger partial charge in [-0.2, -0.15) is 5.10 Å². The molecule has 3 aromatic rings. The number of phenols is 1. The molecule has 0 spiro atoms. The first-order valence-electron chi connectivity index (χ1n) is 7.47. The molecular weight excluding hydrogens is 290 g/mol. The maximum atomic E-state index is 10.00. The number of aromatic amines is 1. The molecule has 0 bridgehead atoms. The van der Waals surface area contributed by atoms with E-state index in [0.717, 1.165) is 40.3 Å². The smallest absolute Gasteiger partial charge is 0.160 e. The van der Waals surface area contributed by atoms with Crippen LogP contribution in [0, 0.1) is 6.92 Å². The van der Waals surface area contributed by atoms with E-state index in [9.17, 15) is 5.11 Å². The average molecular weight is 307 g/mol. The molecule has 4 rings (SSSR count). The SMILES string of the molecule is COc1cc2c(cc1O)-c1[nH]nc(Nc3cccc(C)c3)c1C2. The molecule has 23 heavy (non-hydrogen) atoms. The van der Waals surface area contributed by atoms with Crippen LogP contribution in [0.5, 0.6) is 11.5 Å². The molecule has 5 heteroatoms. The number of H-pyrrole nitrogens is 1. The van der Waals surface area contributed by atoms with Gasteiger partial charge < -0.3 is 15.2 Å². The first kappa shape index (κ1) is 13.7. The number of ether oxygens (including phenoxy) is 1. The number of nitrogens with zero attached hydrogens (tertiary/aromatic N) is 1. The monoisotopic (exact) mass is 307 g/mol. The minimum Gasteiger partial charge on any atom is -0.504 e. The second-order valence-corrected chi connectivity index (χ2v) is 5.78. The number of fused-ring (bicyclic) bond motifs is 3. The van der Waals surface area contributed by atoms with E-state index in [0.29, 0.717) is 5.75 Å². The molecule has 1 heterocycles. The van der Waals surface area contributed by atoms with Crippen molar-refractivity contribution in [3.05, 3.63) is 53.1 Å². The Bertz CT molecular complexity index is 899. The fourth-order valence-corrected chi connectivity index (χ4v) is 3.07. The van der Waals surface area contributed by atoms with E-state index in [4.69, 9.17) is 4.74 Å². The first-order valence-corrected chi connectivity index (χ1v) is 7.47. The van der Waals surface area contributed by atoms with Crippen molar-refractivity contribution in [2.75, 3.05) is 12.4 Å². The summed E-state index contributed by atoms with van der Waals surface area (Å²) < 4.78 is 5.19. The van der Waals surface area contributed by atoms with Gasteiger partial charge in [-0.05, 0) is 42.3 Å². The molecule has 1 aliphatic carbocycles. The van der Waals surface area contributed by atoms with Gasteiger partial charge in [0.25, 0.3) is 0 Å². The molecule has 1 aromatic heterocycles. The highest BCUT2D eigenvalue weighted by atomic mass is 16.5. The number of hydrogen-bond donors (Lipinski definition) is 3. The lowest BCUT2D eigenvalue weighted by atomic mass is 10.1. The number of rotatable bonds is 3. The molecule has 0 radical (unpaired) electrons. The average Bonchev–Trinajstić information content (AvgIpc) is 3.07. The van der Waals surface area contributed by atoms with E-state index in [-0.39, 0.29) is 5.75 Å². The van der Waals surface area contributed by atoms with E-state index >= 15 is 0 Å². The molecule has 0 fully saturated rings. The quantitative estimate of drug-likeness (QED) is 0.539. The van der Waals surface area contributed by atoms with Crippen molar-refractivity contribution in [1.82, 2.24) is 10.2 Å². The van der Waals surface area contributed by atoms with Gasteiger partial charge in [-0.1, -0.05) is 12.1 Å². The minimum absolute atomic E-state index is 0.141. The molecule has 5 nitrogen and oxygen atoms in total. The second-order valence-electron chi connectivity index (χ2n) is 5.78. The van der Waals surface area contributed by atoms with Crippen LogP contribution in [0.4, 0.5) is 11.5 Å². The molecule has 1 aliphatic rings. The summed E-state index contributed by atoms with van der Waals surface area (Å²) in [6.07, 6.45) is 0.756. The Hall–Kier alpha value is -2.95. The van der Waals surface area contributed by atoms with E-state index < -0.39 is 0 Å². The topological polar surface area (TPSA) is 70.2 Å². The van der Waals surface area contributed by atoms with Crippen molar-refractivity contribution in [2.45, 2.75) is 13.3 Å². The van der Waals surface area contributed by atoms with Gasteiger partial charge in [0.15, 0.2) is 17.3 Å². The fourth-order valence-electron chi connectivity index (χ4n) is 3.07. The molecule has 116 valence electrons. The van der Waals surface area contributed by atoms with Gasteiger partial charge in [-0.25, -0.2) is 0 Å². The van der Waals surface area contributed by atoms with Gasteiger partial charge in [0, 0.05) is 23.2 Å². The Morgan fingerprint density at radius 3 is 2.91 bits per heavy atom. The van der Waals surface area contributed by atoms with Crippen LogP contribution in [0.1, 0.15) is 16.7 Å². The third kappa shape index (κ3) is 2.21. The highest BCUT2D eigenvalue weighted by Crippen LogP contribution is 2.43. The number of anilines is 2. The zero-order valence-electron chi connectivity index (χ0n) is 13.0. The Kier molecular flexibility index (Phi) is 3.01. The second kappa shape index (κ2) is 5.05. The van der Waals surface area contributed by atoms with E-state index in [1.165, 1.54) is 5.56 Å². The maximum Gasteiger partial charge on any atom is 0.160 e. The van der Waals surface area contributed by atoms with Crippen LogP contribution in [-0.2, 0) is 6.42 Å². The van der Waals surface area contributed by atoms with Crippen LogP contribution in [-0.4, -0.2) is 22.4 Å². The number of hydrogen-bond acceptors (Lipinski definition) is 4. The molecular formula is C18H17N3O2. The Labute approximate surface area is 133 Å². The molecule has 0 unspecified atom stereocenters. The Morgan fingerprint density at radius 2 is 2.13 bits per heavy atom. The molecule has 0 saturated heterocycles. The number of aromatic hydroxyl groups is 1. The number of benzene rings is 2. The standard InChI is InChI=1S/C18H17N3O2/c1-10-4-3-5-12(6-10)19-18-14-7-11-8-16(23-2)15(22)9-13(11)17(14)20-21-18/h3-6,8-9,22H,7H2,1-2H3,(H2,19,20,21). The van der Waals surface area contributed by atoms with Crippen LogP contribution in [0.3, 0.4) is 0 Å². The zero-order valence-corrected chi connectivity index (χ0v) is 13.0. The van der Waals surface area contributed by atoms with Crippen molar-refractivity contribution in [3.63, 3.8) is 0 Å². The highest BCUT2D eigenvalue weighted by molar-refractivity contribution is 5.81. The summed E-state index contributed by atoms with van der Waals surface area (Å²) in [5.41, 5.74) is 6.36. The third-order valence-electron chi connectivity index (χ3n) is 4.19. The number of nitrogens with one attached hydrogen (secondary N) is 2. The van der Waals surface area contributed by atoms with Crippen LogP contribution in [0.2, 0.25) is 0 Å². The van der Waals surface area contributed by atoms with Crippen molar-refractivity contribution in [1.29, 1.82) is 0 Å². The largest absolute Gasteiger partial charge is 0.504 e. The lowest BCUT2D eigenvalue weighted by Gasteiger charge is -2.07. The van der Waals surface area contributed by atoms with Gasteiger partial charge in [0.05, 0.1) is 12.8 Å². The minimum atomic E-state index is 0.141. The first-order chi connectivity index (χ1) is 11.2. The lowest BCUT2D eigenvalue weighted by molar-refractivity contribution is 0.373. The zero-order chi connectivity index (χ0) is 16.0. The van der Waals surface area contributed by atoms with Gasteiger partial charge >= 0.3 is 0 Å². The summed E-state index contributed by atoms with van der Waals surface area (Å²) in [5, 5.41) is 20.8. The van der Waals surface area contributed by atoms with Crippen LogP contribution < -0.4 is 10.1 Å². The summed E-state index contributed by atoms with van der Waals surface area (Å²) in [5.74, 6) is 1.46. The summed E-state index contributed by atoms with van der Waals surface area (Å²) in [6, 6.07) is 11.8. The van der Waals surface area contributed by atoms with E-state index in [1.54, 1.807) is 13.2 Å². The summed E-state index contributed by atoms with van der Waals surface area (Å²) in [4.78, 5) is 0. The highest BCUT2D eigenvalue weighted by Gasteiger charge is 2.26. The number of aromatic nitrogens is 2. The summed E-state index contributed by atoms with van der Waals surface area (Å²) in [6.45, 7) is 2.06. The van der Waals surface area contributed by atoms with Crippen LogP contribution >= 0.6 is 0 Å². The predicted molar refractivity (Wildman–Crippen MR) is 89.5 cm³/mol. The Morgan fingerprint density at radius 1 is 1.26 bits per heavy atom. The van der Waals surface area contributed by atoms with Gasteiger partial charge in [0.1, 0.15) is 0 Å². The molecule has 2 aromatic carbocycles. The summed E-state index contributed by atoms with van der Waals surface area (Å²) in [7, 11) is 1.56. The molecule has 3 N–H and O–H groups in total. The van der Waals surface area contributed by atoms with Gasteiger partial charge in [-0.15, -0.1) is 0 Å². The van der Waals surface area contributed by atoms with Crippen LogP contribution in [0.15, 0.2) is 36.4 Å². The fraction of sp³-hybridized carbons (Fsp3) is 0.167. The Balaban J connectivity index is 1.71. The molecule has 0 atom stereocenters. The van der Waals surface area contributed by atoms with E-state index in [1.807, 2.05) is 18.2 Å². The van der Waals surface area contributed by atoms with Crippen molar-refractivity contribution in [3.8, 4) is 22.8 Å². The van der Waals surface area contributed by atoms with Crippen molar-refractivity contribution < 1.29 is 9.84 Å². The normalized spacial score (nSPS) is 11.9. The van der Waals surface area contributed by atoms with Crippen LogP contribution in [0.25, 0.3) is 11.3 Å². The number of aryl methyl sites for hydroxylation is 1. The molecule has 0 amide bonds. The molecule has 0 aliphatic heterocycles. The maximum absolute atomic E-state index is 10.00. The van der Waals surface area contributed by atoms with Crippen molar-refractivity contribution in [2.24, 2.45) is 0 Å². The van der Waals surface area contributed by atoms with Gasteiger partial charge in [-0.3, -0.25) is 5.10 Å². The number of phenolic OH excluding ortho intramolecular Hbond substituents is 1. The lowest BCUT2D eigenvalue weighted by Crippen LogP contribution is -1.95. The third-order valence-corrected chi connectivity index (χ3v) is 4.19. The molecule has 0 saturated carbocycles. The van der Waals surface area contributed by atoms with Crippen molar-refractivity contribution >= 4 is 11.5 Å². The number of methoxy groups -OCH3 is 1. The van der Waals surface area contributed by atoms with Gasteiger partial charge in [0.2, 0.25) is 0 Å². The van der Waals surface area contributed by atoms with E-state index in [2.05, 4.69) is 34.6 Å².